The Morgan fingerprint density at radius 3 is 2.54 bits per heavy atom. The van der Waals surface area contributed by atoms with E-state index in [0.717, 1.165) is 37.2 Å². The van der Waals surface area contributed by atoms with Gasteiger partial charge in [0, 0.05) is 28.9 Å². The van der Waals surface area contributed by atoms with Gasteiger partial charge in [-0.05, 0) is 18.8 Å². The second-order valence-corrected chi connectivity index (χ2v) is 5.23. The van der Waals surface area contributed by atoms with Crippen molar-refractivity contribution in [3.8, 4) is 0 Å². The van der Waals surface area contributed by atoms with Gasteiger partial charge in [0.1, 0.15) is 0 Å². The standard InChI is InChI=1S/C10H22O2S/c1-3-10(2)9-13(12)8-6-4-5-7-11/h10-11H,3-9H2,1-2H3. The van der Waals surface area contributed by atoms with Gasteiger partial charge in [0.05, 0.1) is 0 Å². The summed E-state index contributed by atoms with van der Waals surface area (Å²) in [4.78, 5) is 0. The van der Waals surface area contributed by atoms with Crippen LogP contribution in [0.3, 0.4) is 0 Å². The van der Waals surface area contributed by atoms with Crippen LogP contribution >= 0.6 is 0 Å². The Morgan fingerprint density at radius 1 is 1.31 bits per heavy atom. The van der Waals surface area contributed by atoms with Gasteiger partial charge >= 0.3 is 0 Å². The van der Waals surface area contributed by atoms with E-state index in [9.17, 15) is 4.21 Å². The van der Waals surface area contributed by atoms with Crippen LogP contribution in [0, 0.1) is 5.92 Å². The first-order chi connectivity index (χ1) is 6.20. The Bertz CT molecular complexity index is 137. The molecule has 0 saturated carbocycles. The van der Waals surface area contributed by atoms with E-state index in [4.69, 9.17) is 5.11 Å². The summed E-state index contributed by atoms with van der Waals surface area (Å²) in [6.45, 7) is 4.54. The van der Waals surface area contributed by atoms with Crippen LogP contribution in [0.4, 0.5) is 0 Å². The molecule has 0 spiro atoms. The third-order valence-corrected chi connectivity index (χ3v) is 3.88. The zero-order chi connectivity index (χ0) is 10.1. The first-order valence-electron chi connectivity index (χ1n) is 5.16. The molecule has 0 aromatic carbocycles. The average molecular weight is 206 g/mol. The van der Waals surface area contributed by atoms with Crippen LogP contribution in [-0.2, 0) is 10.8 Å². The molecule has 0 radical (unpaired) electrons. The van der Waals surface area contributed by atoms with E-state index in [1.165, 1.54) is 0 Å². The van der Waals surface area contributed by atoms with Gasteiger partial charge in [0.15, 0.2) is 0 Å². The summed E-state index contributed by atoms with van der Waals surface area (Å²) in [5, 5.41) is 8.54. The van der Waals surface area contributed by atoms with Crippen LogP contribution < -0.4 is 0 Å². The fourth-order valence-electron chi connectivity index (χ4n) is 1.07. The summed E-state index contributed by atoms with van der Waals surface area (Å²) in [6, 6.07) is 0. The summed E-state index contributed by atoms with van der Waals surface area (Å²) in [5.41, 5.74) is 0. The second-order valence-electron chi connectivity index (χ2n) is 3.61. The Kier molecular flexibility index (Phi) is 8.77. The summed E-state index contributed by atoms with van der Waals surface area (Å²) >= 11 is 0. The summed E-state index contributed by atoms with van der Waals surface area (Å²) in [6.07, 6.45) is 3.95. The van der Waals surface area contributed by atoms with Crippen molar-refractivity contribution in [1.82, 2.24) is 0 Å². The lowest BCUT2D eigenvalue weighted by Crippen LogP contribution is -2.10. The molecular formula is C10H22O2S. The van der Waals surface area contributed by atoms with Gasteiger partial charge in [-0.3, -0.25) is 4.21 Å². The molecule has 0 aromatic heterocycles. The van der Waals surface area contributed by atoms with E-state index in [-0.39, 0.29) is 6.61 Å². The van der Waals surface area contributed by atoms with Crippen molar-refractivity contribution >= 4 is 10.8 Å². The molecule has 0 saturated heterocycles. The maximum atomic E-state index is 11.4. The number of hydrogen-bond acceptors (Lipinski definition) is 2. The molecule has 1 N–H and O–H groups in total. The van der Waals surface area contributed by atoms with Gasteiger partial charge in [-0.2, -0.15) is 0 Å². The normalized spacial score (nSPS) is 15.6. The van der Waals surface area contributed by atoms with Crippen LogP contribution in [0.2, 0.25) is 0 Å². The monoisotopic (exact) mass is 206 g/mol. The molecule has 0 amide bonds. The zero-order valence-corrected chi connectivity index (χ0v) is 9.61. The lowest BCUT2D eigenvalue weighted by Gasteiger charge is -2.07. The molecule has 0 heterocycles. The van der Waals surface area contributed by atoms with E-state index < -0.39 is 10.8 Å². The van der Waals surface area contributed by atoms with Gasteiger partial charge in [0.2, 0.25) is 0 Å². The SMILES string of the molecule is CCC(C)CS(=O)CCCCCO. The third-order valence-electron chi connectivity index (χ3n) is 2.20. The van der Waals surface area contributed by atoms with Gasteiger partial charge in [-0.25, -0.2) is 0 Å². The summed E-state index contributed by atoms with van der Waals surface area (Å²) in [7, 11) is -0.635. The third kappa shape index (κ3) is 8.44. The molecule has 0 aromatic rings. The maximum absolute atomic E-state index is 11.4. The molecule has 0 fully saturated rings. The predicted octanol–water partition coefficient (Wildman–Crippen LogP) is 1.94. The van der Waals surface area contributed by atoms with E-state index in [1.807, 2.05) is 0 Å². The van der Waals surface area contributed by atoms with Gasteiger partial charge in [0.25, 0.3) is 0 Å². The van der Waals surface area contributed by atoms with Crippen LogP contribution in [0.25, 0.3) is 0 Å². The lowest BCUT2D eigenvalue weighted by atomic mass is 10.2. The van der Waals surface area contributed by atoms with Gasteiger partial charge < -0.3 is 5.11 Å². The van der Waals surface area contributed by atoms with Crippen molar-refractivity contribution in [1.29, 1.82) is 0 Å². The van der Waals surface area contributed by atoms with Crippen molar-refractivity contribution < 1.29 is 9.32 Å². The number of aliphatic hydroxyl groups excluding tert-OH is 1. The van der Waals surface area contributed by atoms with Gasteiger partial charge in [-0.1, -0.05) is 26.7 Å². The molecule has 2 atom stereocenters. The zero-order valence-electron chi connectivity index (χ0n) is 8.79. The number of aliphatic hydroxyl groups is 1. The number of unbranched alkanes of at least 4 members (excludes halogenated alkanes) is 2. The van der Waals surface area contributed by atoms with Crippen LogP contribution in [-0.4, -0.2) is 27.4 Å². The molecule has 80 valence electrons. The van der Waals surface area contributed by atoms with Gasteiger partial charge in [-0.15, -0.1) is 0 Å². The topological polar surface area (TPSA) is 37.3 Å². The van der Waals surface area contributed by atoms with Crippen molar-refractivity contribution in [2.45, 2.75) is 39.5 Å². The molecular weight excluding hydrogens is 184 g/mol. The maximum Gasteiger partial charge on any atom is 0.0431 e. The molecule has 0 aliphatic heterocycles. The Balaban J connectivity index is 3.30. The molecule has 2 nitrogen and oxygen atoms in total. The van der Waals surface area contributed by atoms with E-state index in [2.05, 4.69) is 13.8 Å². The Morgan fingerprint density at radius 2 is 2.00 bits per heavy atom. The smallest absolute Gasteiger partial charge is 0.0431 e. The predicted molar refractivity (Wildman–Crippen MR) is 58.3 cm³/mol. The molecule has 2 unspecified atom stereocenters. The largest absolute Gasteiger partial charge is 0.396 e. The molecule has 13 heavy (non-hydrogen) atoms. The second kappa shape index (κ2) is 8.70. The highest BCUT2D eigenvalue weighted by Crippen LogP contribution is 2.05. The molecule has 0 rings (SSSR count). The minimum Gasteiger partial charge on any atom is -0.396 e. The first kappa shape index (κ1) is 13.1. The minimum atomic E-state index is -0.635. The Hall–Kier alpha value is 0.110. The lowest BCUT2D eigenvalue weighted by molar-refractivity contribution is 0.284. The number of hydrogen-bond donors (Lipinski definition) is 1. The first-order valence-corrected chi connectivity index (χ1v) is 6.65. The van der Waals surface area contributed by atoms with Crippen LogP contribution in [0.5, 0.6) is 0 Å². The minimum absolute atomic E-state index is 0.262. The van der Waals surface area contributed by atoms with E-state index >= 15 is 0 Å². The van der Waals surface area contributed by atoms with E-state index in [1.54, 1.807) is 0 Å². The highest BCUT2D eigenvalue weighted by molar-refractivity contribution is 7.84. The summed E-state index contributed by atoms with van der Waals surface area (Å²) in [5.74, 6) is 2.23. The highest BCUT2D eigenvalue weighted by Gasteiger charge is 2.04. The molecule has 0 aliphatic rings. The fraction of sp³-hybridized carbons (Fsp3) is 1.00. The molecule has 0 bridgehead atoms. The molecule has 0 aliphatic carbocycles. The van der Waals surface area contributed by atoms with Crippen molar-refractivity contribution in [3.63, 3.8) is 0 Å². The van der Waals surface area contributed by atoms with Crippen molar-refractivity contribution in [3.05, 3.63) is 0 Å². The summed E-state index contributed by atoms with van der Waals surface area (Å²) < 4.78 is 11.4. The van der Waals surface area contributed by atoms with Crippen LogP contribution in [0.15, 0.2) is 0 Å². The fourth-order valence-corrected chi connectivity index (χ4v) is 2.63. The number of rotatable bonds is 8. The van der Waals surface area contributed by atoms with Crippen molar-refractivity contribution in [2.24, 2.45) is 5.92 Å². The average Bonchev–Trinajstić information content (AvgIpc) is 2.12. The van der Waals surface area contributed by atoms with Crippen molar-refractivity contribution in [2.75, 3.05) is 18.1 Å². The van der Waals surface area contributed by atoms with E-state index in [0.29, 0.717) is 5.92 Å². The van der Waals surface area contributed by atoms with Crippen LogP contribution in [0.1, 0.15) is 39.5 Å². The Labute approximate surface area is 84.2 Å². The molecule has 3 heteroatoms. The highest BCUT2D eigenvalue weighted by atomic mass is 32.2. The quantitative estimate of drug-likeness (QED) is 0.616.